The SMILES string of the molecule is CCCNC(=O)CN(C)CC(=O)Nc1ccc(Cl)c(Cl)c1. The van der Waals surface area contributed by atoms with Gasteiger partial charge in [0.25, 0.3) is 0 Å². The number of amides is 2. The van der Waals surface area contributed by atoms with E-state index in [4.69, 9.17) is 23.2 Å². The first kappa shape index (κ1) is 17.8. The number of likely N-dealkylation sites (N-methyl/N-ethyl adjacent to an activating group) is 1. The molecule has 0 atom stereocenters. The van der Waals surface area contributed by atoms with Gasteiger partial charge in [0.05, 0.1) is 23.1 Å². The highest BCUT2D eigenvalue weighted by Crippen LogP contribution is 2.24. The molecular formula is C14H19Cl2N3O2. The Bertz CT molecular complexity index is 509. The molecular weight excluding hydrogens is 313 g/mol. The maximum absolute atomic E-state index is 11.9. The Labute approximate surface area is 134 Å². The Morgan fingerprint density at radius 1 is 1.14 bits per heavy atom. The Balaban J connectivity index is 2.42. The third kappa shape index (κ3) is 6.80. The van der Waals surface area contributed by atoms with E-state index in [2.05, 4.69) is 10.6 Å². The van der Waals surface area contributed by atoms with E-state index in [1.165, 1.54) is 0 Å². The molecule has 0 unspecified atom stereocenters. The van der Waals surface area contributed by atoms with Gasteiger partial charge in [-0.05, 0) is 31.7 Å². The van der Waals surface area contributed by atoms with Crippen molar-refractivity contribution in [3.05, 3.63) is 28.2 Å². The molecule has 0 aromatic heterocycles. The lowest BCUT2D eigenvalue weighted by atomic mass is 10.3. The van der Waals surface area contributed by atoms with Crippen LogP contribution in [0.15, 0.2) is 18.2 Å². The number of halogens is 2. The second kappa shape index (κ2) is 8.87. The fourth-order valence-electron chi connectivity index (χ4n) is 1.64. The van der Waals surface area contributed by atoms with Gasteiger partial charge in [0.2, 0.25) is 11.8 Å². The minimum atomic E-state index is -0.223. The molecule has 2 amide bonds. The molecule has 116 valence electrons. The van der Waals surface area contributed by atoms with Gasteiger partial charge in [-0.1, -0.05) is 30.1 Å². The number of nitrogens with one attached hydrogen (secondary N) is 2. The van der Waals surface area contributed by atoms with Crippen LogP contribution in [0.25, 0.3) is 0 Å². The molecule has 0 bridgehead atoms. The Morgan fingerprint density at radius 3 is 2.43 bits per heavy atom. The minimum Gasteiger partial charge on any atom is -0.355 e. The van der Waals surface area contributed by atoms with E-state index in [0.717, 1.165) is 6.42 Å². The van der Waals surface area contributed by atoms with Crippen LogP contribution in [0.5, 0.6) is 0 Å². The van der Waals surface area contributed by atoms with Gasteiger partial charge in [-0.2, -0.15) is 0 Å². The zero-order chi connectivity index (χ0) is 15.8. The van der Waals surface area contributed by atoms with E-state index in [1.54, 1.807) is 30.1 Å². The second-order valence-corrected chi connectivity index (χ2v) is 5.51. The summed E-state index contributed by atoms with van der Waals surface area (Å²) < 4.78 is 0. The van der Waals surface area contributed by atoms with Crippen LogP contribution in [-0.2, 0) is 9.59 Å². The lowest BCUT2D eigenvalue weighted by Gasteiger charge is -2.16. The van der Waals surface area contributed by atoms with Crippen molar-refractivity contribution >= 4 is 40.7 Å². The number of benzene rings is 1. The van der Waals surface area contributed by atoms with Crippen molar-refractivity contribution in [1.29, 1.82) is 0 Å². The second-order valence-electron chi connectivity index (χ2n) is 4.70. The fourth-order valence-corrected chi connectivity index (χ4v) is 1.94. The Hall–Kier alpha value is -1.30. The summed E-state index contributed by atoms with van der Waals surface area (Å²) >= 11 is 11.7. The van der Waals surface area contributed by atoms with E-state index >= 15 is 0 Å². The van der Waals surface area contributed by atoms with Gasteiger partial charge in [0.15, 0.2) is 0 Å². The molecule has 1 aromatic carbocycles. The number of rotatable bonds is 7. The first-order chi connectivity index (χ1) is 9.92. The molecule has 5 nitrogen and oxygen atoms in total. The predicted molar refractivity (Wildman–Crippen MR) is 85.9 cm³/mol. The monoisotopic (exact) mass is 331 g/mol. The van der Waals surface area contributed by atoms with Crippen LogP contribution in [0, 0.1) is 0 Å². The summed E-state index contributed by atoms with van der Waals surface area (Å²) in [5.41, 5.74) is 0.568. The standard InChI is InChI=1S/C14H19Cl2N3O2/c1-3-6-17-13(20)8-19(2)9-14(21)18-10-4-5-11(15)12(16)7-10/h4-5,7H,3,6,8-9H2,1-2H3,(H,17,20)(H,18,21). The average molecular weight is 332 g/mol. The molecule has 7 heteroatoms. The van der Waals surface area contributed by atoms with Crippen LogP contribution >= 0.6 is 23.2 Å². The molecule has 0 saturated heterocycles. The zero-order valence-electron chi connectivity index (χ0n) is 12.1. The molecule has 0 heterocycles. The predicted octanol–water partition coefficient (Wildman–Crippen LogP) is 2.39. The highest BCUT2D eigenvalue weighted by atomic mass is 35.5. The molecule has 0 aliphatic heterocycles. The van der Waals surface area contributed by atoms with Crippen LogP contribution in [0.2, 0.25) is 10.0 Å². The van der Waals surface area contributed by atoms with Crippen molar-refractivity contribution in [2.24, 2.45) is 0 Å². The Kier molecular flexibility index (Phi) is 7.50. The quantitative estimate of drug-likeness (QED) is 0.806. The molecule has 0 saturated carbocycles. The maximum Gasteiger partial charge on any atom is 0.238 e. The number of nitrogens with zero attached hydrogens (tertiary/aromatic N) is 1. The van der Waals surface area contributed by atoms with Crippen LogP contribution in [0.1, 0.15) is 13.3 Å². The van der Waals surface area contributed by atoms with Gasteiger partial charge in [-0.25, -0.2) is 0 Å². The molecule has 1 rings (SSSR count). The van der Waals surface area contributed by atoms with Crippen molar-refractivity contribution < 1.29 is 9.59 Å². The lowest BCUT2D eigenvalue weighted by molar-refractivity contribution is -0.122. The van der Waals surface area contributed by atoms with Gasteiger partial charge in [-0.15, -0.1) is 0 Å². The summed E-state index contributed by atoms with van der Waals surface area (Å²) in [6.07, 6.45) is 0.882. The van der Waals surface area contributed by atoms with Crippen molar-refractivity contribution in [2.45, 2.75) is 13.3 Å². The number of anilines is 1. The molecule has 2 N–H and O–H groups in total. The summed E-state index contributed by atoms with van der Waals surface area (Å²) in [6, 6.07) is 4.86. The average Bonchev–Trinajstić information content (AvgIpc) is 2.40. The van der Waals surface area contributed by atoms with Crippen molar-refractivity contribution in [3.63, 3.8) is 0 Å². The van der Waals surface area contributed by atoms with E-state index in [0.29, 0.717) is 22.3 Å². The topological polar surface area (TPSA) is 61.4 Å². The lowest BCUT2D eigenvalue weighted by Crippen LogP contribution is -2.39. The third-order valence-electron chi connectivity index (χ3n) is 2.60. The molecule has 1 aromatic rings. The number of hydrogen-bond acceptors (Lipinski definition) is 3. The molecule has 0 spiro atoms. The van der Waals surface area contributed by atoms with Gasteiger partial charge < -0.3 is 10.6 Å². The summed E-state index contributed by atoms with van der Waals surface area (Å²) in [5.74, 6) is -0.319. The van der Waals surface area contributed by atoms with Gasteiger partial charge >= 0.3 is 0 Å². The maximum atomic E-state index is 11.9. The first-order valence-corrected chi connectivity index (χ1v) is 7.38. The van der Waals surface area contributed by atoms with Crippen LogP contribution < -0.4 is 10.6 Å². The first-order valence-electron chi connectivity index (χ1n) is 6.62. The Morgan fingerprint density at radius 2 is 1.81 bits per heavy atom. The highest BCUT2D eigenvalue weighted by Gasteiger charge is 2.11. The number of carbonyl (C=O) groups is 2. The molecule has 0 fully saturated rings. The van der Waals surface area contributed by atoms with Gasteiger partial charge in [0, 0.05) is 12.2 Å². The van der Waals surface area contributed by atoms with E-state index < -0.39 is 0 Å². The molecule has 0 aliphatic rings. The largest absolute Gasteiger partial charge is 0.355 e. The van der Waals surface area contributed by atoms with Crippen molar-refractivity contribution in [1.82, 2.24) is 10.2 Å². The minimum absolute atomic E-state index is 0.0957. The normalized spacial score (nSPS) is 10.5. The van der Waals surface area contributed by atoms with Crippen molar-refractivity contribution in [2.75, 3.05) is 32.0 Å². The van der Waals surface area contributed by atoms with Crippen LogP contribution in [0.3, 0.4) is 0 Å². The summed E-state index contributed by atoms with van der Waals surface area (Å²) in [5, 5.41) is 6.26. The van der Waals surface area contributed by atoms with Gasteiger partial charge in [0.1, 0.15) is 0 Å². The van der Waals surface area contributed by atoms with E-state index in [1.807, 2.05) is 6.92 Å². The third-order valence-corrected chi connectivity index (χ3v) is 3.34. The molecule has 0 aliphatic carbocycles. The highest BCUT2D eigenvalue weighted by molar-refractivity contribution is 6.42. The van der Waals surface area contributed by atoms with Gasteiger partial charge in [-0.3, -0.25) is 14.5 Å². The fraction of sp³-hybridized carbons (Fsp3) is 0.429. The molecule has 21 heavy (non-hydrogen) atoms. The molecule has 0 radical (unpaired) electrons. The van der Waals surface area contributed by atoms with Crippen LogP contribution in [-0.4, -0.2) is 43.4 Å². The number of hydrogen-bond donors (Lipinski definition) is 2. The number of carbonyl (C=O) groups excluding carboxylic acids is 2. The van der Waals surface area contributed by atoms with E-state index in [-0.39, 0.29) is 24.9 Å². The van der Waals surface area contributed by atoms with Crippen LogP contribution in [0.4, 0.5) is 5.69 Å². The smallest absolute Gasteiger partial charge is 0.238 e. The van der Waals surface area contributed by atoms with E-state index in [9.17, 15) is 9.59 Å². The zero-order valence-corrected chi connectivity index (χ0v) is 13.6. The summed E-state index contributed by atoms with van der Waals surface area (Å²) in [6.45, 7) is 2.91. The summed E-state index contributed by atoms with van der Waals surface area (Å²) in [4.78, 5) is 25.0. The summed E-state index contributed by atoms with van der Waals surface area (Å²) in [7, 11) is 1.71. The van der Waals surface area contributed by atoms with Crippen molar-refractivity contribution in [3.8, 4) is 0 Å².